The number of rotatable bonds is 2. The van der Waals surface area contributed by atoms with Crippen molar-refractivity contribution in [1.29, 1.82) is 0 Å². The molecule has 0 bridgehead atoms. The zero-order chi connectivity index (χ0) is 16.0. The van der Waals surface area contributed by atoms with Gasteiger partial charge in [-0.05, 0) is 18.6 Å². The predicted molar refractivity (Wildman–Crippen MR) is 83.6 cm³/mol. The summed E-state index contributed by atoms with van der Waals surface area (Å²) in [6, 6.07) is 3.34. The van der Waals surface area contributed by atoms with E-state index >= 15 is 0 Å². The van der Waals surface area contributed by atoms with Crippen molar-refractivity contribution in [2.45, 2.75) is 58.6 Å². The molecule has 2 unspecified atom stereocenters. The summed E-state index contributed by atoms with van der Waals surface area (Å²) in [5.41, 5.74) is 0.829. The van der Waals surface area contributed by atoms with E-state index in [1.165, 1.54) is 0 Å². The Kier molecular flexibility index (Phi) is 4.06. The fraction of sp³-hybridized carbons (Fsp3) is 0.625. The van der Waals surface area contributed by atoms with Crippen LogP contribution in [0.1, 0.15) is 57.1 Å². The summed E-state index contributed by atoms with van der Waals surface area (Å²) in [6.07, 6.45) is 0.220. The van der Waals surface area contributed by atoms with E-state index in [0.717, 1.165) is 5.69 Å². The molecule has 2 N–H and O–H groups in total. The number of aliphatic hydroxyl groups excluding tert-OH is 1. The van der Waals surface area contributed by atoms with Crippen LogP contribution >= 0.6 is 11.6 Å². The van der Waals surface area contributed by atoms with Gasteiger partial charge >= 0.3 is 0 Å². The normalized spacial score (nSPS) is 24.3. The van der Waals surface area contributed by atoms with Gasteiger partial charge in [-0.15, -0.1) is 0 Å². The average molecular weight is 311 g/mol. The first-order valence-electron chi connectivity index (χ1n) is 7.19. The number of nitrogens with one attached hydrogen (secondary N) is 1. The van der Waals surface area contributed by atoms with E-state index in [2.05, 4.69) is 10.3 Å². The lowest BCUT2D eigenvalue weighted by Gasteiger charge is -2.49. The fourth-order valence-corrected chi connectivity index (χ4v) is 2.61. The Morgan fingerprint density at radius 3 is 2.52 bits per heavy atom. The molecule has 0 spiro atoms. The van der Waals surface area contributed by atoms with Crippen LogP contribution in [0.5, 0.6) is 0 Å². The molecule has 4 nitrogen and oxygen atoms in total. The summed E-state index contributed by atoms with van der Waals surface area (Å²) in [6.45, 7) is 9.98. The molecule has 1 saturated carbocycles. The molecule has 1 aromatic heterocycles. The lowest BCUT2D eigenvalue weighted by molar-refractivity contribution is -0.0689. The quantitative estimate of drug-likeness (QED) is 0.826. The van der Waals surface area contributed by atoms with Crippen molar-refractivity contribution in [3.63, 3.8) is 0 Å². The summed E-state index contributed by atoms with van der Waals surface area (Å²) >= 11 is 6.03. The Labute approximate surface area is 130 Å². The molecule has 0 aromatic carbocycles. The van der Waals surface area contributed by atoms with E-state index in [4.69, 9.17) is 11.6 Å². The minimum atomic E-state index is -0.367. The average Bonchev–Trinajstić information content (AvgIpc) is 2.36. The van der Waals surface area contributed by atoms with Gasteiger partial charge in [0.15, 0.2) is 0 Å². The van der Waals surface area contributed by atoms with Crippen molar-refractivity contribution in [3.05, 3.63) is 28.5 Å². The van der Waals surface area contributed by atoms with Crippen LogP contribution in [0.4, 0.5) is 0 Å². The van der Waals surface area contributed by atoms with Crippen molar-refractivity contribution in [2.75, 3.05) is 0 Å². The lowest BCUT2D eigenvalue weighted by atomic mass is 9.64. The Hall–Kier alpha value is -1.13. The van der Waals surface area contributed by atoms with Gasteiger partial charge in [0.05, 0.1) is 6.10 Å². The first-order chi connectivity index (χ1) is 9.51. The molecule has 0 aliphatic heterocycles. The Morgan fingerprint density at radius 2 is 2.05 bits per heavy atom. The second-order valence-corrected chi connectivity index (χ2v) is 7.80. The molecule has 0 saturated heterocycles. The van der Waals surface area contributed by atoms with Gasteiger partial charge in [0.2, 0.25) is 0 Å². The maximum Gasteiger partial charge on any atom is 0.251 e. The molecule has 21 heavy (non-hydrogen) atoms. The number of halogens is 1. The Bertz CT molecular complexity index is 564. The van der Waals surface area contributed by atoms with Gasteiger partial charge < -0.3 is 10.4 Å². The van der Waals surface area contributed by atoms with Gasteiger partial charge in [0.25, 0.3) is 5.91 Å². The van der Waals surface area contributed by atoms with Crippen LogP contribution in [-0.2, 0) is 5.41 Å². The monoisotopic (exact) mass is 310 g/mol. The number of amides is 1. The van der Waals surface area contributed by atoms with Crippen LogP contribution in [0.2, 0.25) is 5.15 Å². The predicted octanol–water partition coefficient (Wildman–Crippen LogP) is 2.92. The molecule has 1 fully saturated rings. The van der Waals surface area contributed by atoms with Gasteiger partial charge in [-0.1, -0.05) is 46.2 Å². The van der Waals surface area contributed by atoms with E-state index in [1.807, 2.05) is 34.6 Å². The minimum Gasteiger partial charge on any atom is -0.392 e. The van der Waals surface area contributed by atoms with E-state index < -0.39 is 0 Å². The zero-order valence-corrected chi connectivity index (χ0v) is 14.0. The highest BCUT2D eigenvalue weighted by Crippen LogP contribution is 2.40. The lowest BCUT2D eigenvalue weighted by Crippen LogP contribution is -2.61. The van der Waals surface area contributed by atoms with Crippen LogP contribution in [0.25, 0.3) is 0 Å². The highest BCUT2D eigenvalue weighted by Gasteiger charge is 2.48. The molecule has 2 rings (SSSR count). The summed E-state index contributed by atoms with van der Waals surface area (Å²) in [5, 5.41) is 13.0. The summed E-state index contributed by atoms with van der Waals surface area (Å²) in [5.74, 6) is -0.172. The van der Waals surface area contributed by atoms with Crippen molar-refractivity contribution in [2.24, 2.45) is 5.41 Å². The Balaban J connectivity index is 2.19. The number of carbonyl (C=O) groups is 1. The maximum absolute atomic E-state index is 12.4. The van der Waals surface area contributed by atoms with Gasteiger partial charge in [0, 0.05) is 28.1 Å². The molecule has 1 amide bonds. The second kappa shape index (κ2) is 5.25. The Morgan fingerprint density at radius 1 is 1.43 bits per heavy atom. The molecule has 0 radical (unpaired) electrons. The van der Waals surface area contributed by atoms with Gasteiger partial charge in [-0.25, -0.2) is 4.98 Å². The summed E-state index contributed by atoms with van der Waals surface area (Å²) in [7, 11) is 0. The number of hydrogen-bond donors (Lipinski definition) is 2. The number of nitrogens with zero attached hydrogens (tertiary/aromatic N) is 1. The molecule has 1 heterocycles. The third-order valence-electron chi connectivity index (χ3n) is 4.35. The van der Waals surface area contributed by atoms with Crippen molar-refractivity contribution in [3.8, 4) is 0 Å². The zero-order valence-electron chi connectivity index (χ0n) is 13.2. The molecular weight excluding hydrogens is 288 g/mol. The van der Waals surface area contributed by atoms with E-state index in [0.29, 0.717) is 17.1 Å². The SMILES string of the molecule is CC(C)(C)c1cc(C(=O)NC2CC(O)C2(C)C)cc(Cl)n1. The van der Waals surface area contributed by atoms with Crippen molar-refractivity contribution < 1.29 is 9.90 Å². The third-order valence-corrected chi connectivity index (χ3v) is 4.54. The third kappa shape index (κ3) is 3.22. The number of carbonyl (C=O) groups excluding carboxylic acids is 1. The fourth-order valence-electron chi connectivity index (χ4n) is 2.40. The van der Waals surface area contributed by atoms with E-state index in [1.54, 1.807) is 12.1 Å². The molecule has 1 aromatic rings. The molecule has 1 aliphatic carbocycles. The highest BCUT2D eigenvalue weighted by atomic mass is 35.5. The minimum absolute atomic E-state index is 0.0231. The molecular formula is C16H23ClN2O2. The van der Waals surface area contributed by atoms with E-state index in [-0.39, 0.29) is 28.9 Å². The van der Waals surface area contributed by atoms with Gasteiger partial charge in [-0.2, -0.15) is 0 Å². The van der Waals surface area contributed by atoms with E-state index in [9.17, 15) is 9.90 Å². The molecule has 5 heteroatoms. The number of pyridine rings is 1. The number of hydrogen-bond acceptors (Lipinski definition) is 3. The van der Waals surface area contributed by atoms with Gasteiger partial charge in [-0.3, -0.25) is 4.79 Å². The van der Waals surface area contributed by atoms with Crippen LogP contribution in [0.15, 0.2) is 12.1 Å². The summed E-state index contributed by atoms with van der Waals surface area (Å²) < 4.78 is 0. The van der Waals surface area contributed by atoms with Crippen molar-refractivity contribution in [1.82, 2.24) is 10.3 Å². The maximum atomic E-state index is 12.4. The number of aliphatic hydroxyl groups is 1. The van der Waals surface area contributed by atoms with Crippen LogP contribution in [-0.4, -0.2) is 28.1 Å². The van der Waals surface area contributed by atoms with Crippen LogP contribution in [0, 0.1) is 5.41 Å². The number of aromatic nitrogens is 1. The van der Waals surface area contributed by atoms with Crippen LogP contribution in [0.3, 0.4) is 0 Å². The second-order valence-electron chi connectivity index (χ2n) is 7.41. The summed E-state index contributed by atoms with van der Waals surface area (Å²) in [4.78, 5) is 16.7. The van der Waals surface area contributed by atoms with Crippen LogP contribution < -0.4 is 5.32 Å². The molecule has 2 atom stereocenters. The smallest absolute Gasteiger partial charge is 0.251 e. The van der Waals surface area contributed by atoms with Crippen molar-refractivity contribution >= 4 is 17.5 Å². The molecule has 116 valence electrons. The standard InChI is InChI=1S/C16H23ClN2O2/c1-15(2,3)10-6-9(7-13(17)18-10)14(21)19-11-8-12(20)16(11,4)5/h6-7,11-12,20H,8H2,1-5H3,(H,19,21). The first kappa shape index (κ1) is 16.2. The highest BCUT2D eigenvalue weighted by molar-refractivity contribution is 6.29. The first-order valence-corrected chi connectivity index (χ1v) is 7.56. The molecule has 1 aliphatic rings. The van der Waals surface area contributed by atoms with Gasteiger partial charge in [0.1, 0.15) is 5.15 Å². The topological polar surface area (TPSA) is 62.2 Å². The largest absolute Gasteiger partial charge is 0.392 e.